The predicted molar refractivity (Wildman–Crippen MR) is 113 cm³/mol. The molecular formula is C23H25N5O2. The van der Waals surface area contributed by atoms with Crippen molar-refractivity contribution in [3.8, 4) is 0 Å². The van der Waals surface area contributed by atoms with Crippen LogP contribution in [0.3, 0.4) is 0 Å². The van der Waals surface area contributed by atoms with Gasteiger partial charge in [-0.1, -0.05) is 36.4 Å². The summed E-state index contributed by atoms with van der Waals surface area (Å²) in [5, 5.41) is 11.1. The summed E-state index contributed by atoms with van der Waals surface area (Å²) in [4.78, 5) is 16.7. The van der Waals surface area contributed by atoms with E-state index in [1.807, 2.05) is 54.0 Å². The van der Waals surface area contributed by atoms with Gasteiger partial charge in [0.25, 0.3) is 0 Å². The van der Waals surface area contributed by atoms with Crippen LogP contribution in [0.1, 0.15) is 41.4 Å². The summed E-state index contributed by atoms with van der Waals surface area (Å²) in [6.45, 7) is 2.42. The molecule has 0 aliphatic heterocycles. The van der Waals surface area contributed by atoms with Crippen LogP contribution in [0.4, 0.5) is 0 Å². The molecule has 7 heteroatoms. The molecule has 4 rings (SSSR count). The molecule has 0 saturated carbocycles. The van der Waals surface area contributed by atoms with Crippen molar-refractivity contribution in [2.24, 2.45) is 0 Å². The van der Waals surface area contributed by atoms with Gasteiger partial charge in [0.2, 0.25) is 17.7 Å². The summed E-state index contributed by atoms with van der Waals surface area (Å²) in [6.07, 6.45) is 7.28. The lowest BCUT2D eigenvalue weighted by Gasteiger charge is -2.01. The molecule has 0 radical (unpaired) electrons. The van der Waals surface area contributed by atoms with Crippen molar-refractivity contribution in [2.75, 3.05) is 0 Å². The van der Waals surface area contributed by atoms with E-state index in [0.717, 1.165) is 36.2 Å². The van der Waals surface area contributed by atoms with E-state index in [0.29, 0.717) is 31.2 Å². The van der Waals surface area contributed by atoms with E-state index in [1.165, 1.54) is 5.56 Å². The van der Waals surface area contributed by atoms with E-state index < -0.39 is 0 Å². The normalized spacial score (nSPS) is 11.1. The van der Waals surface area contributed by atoms with Crippen LogP contribution in [0.5, 0.6) is 0 Å². The number of rotatable bonds is 9. The minimum absolute atomic E-state index is 0.0624. The fraction of sp³-hybridized carbons (Fsp3) is 0.304. The second-order valence-electron chi connectivity index (χ2n) is 7.36. The maximum absolute atomic E-state index is 12.2. The number of hydrogen-bond acceptors (Lipinski definition) is 5. The lowest BCUT2D eigenvalue weighted by Crippen LogP contribution is -2.23. The van der Waals surface area contributed by atoms with Gasteiger partial charge in [-0.05, 0) is 37.0 Å². The fourth-order valence-corrected chi connectivity index (χ4v) is 3.37. The van der Waals surface area contributed by atoms with Crippen LogP contribution in [0.15, 0.2) is 59.3 Å². The summed E-state index contributed by atoms with van der Waals surface area (Å²) in [6, 6.07) is 14.3. The van der Waals surface area contributed by atoms with Crippen LogP contribution in [0, 0.1) is 6.92 Å². The molecule has 3 heterocycles. The third-order valence-electron chi connectivity index (χ3n) is 4.97. The highest BCUT2D eigenvalue weighted by Gasteiger charge is 2.10. The minimum Gasteiger partial charge on any atom is -0.425 e. The van der Waals surface area contributed by atoms with Gasteiger partial charge in [-0.2, -0.15) is 0 Å². The molecular weight excluding hydrogens is 378 g/mol. The first-order chi connectivity index (χ1) is 14.7. The third-order valence-corrected chi connectivity index (χ3v) is 4.97. The fourth-order valence-electron chi connectivity index (χ4n) is 3.37. The molecule has 0 spiro atoms. The number of carbonyl (C=O) groups is 1. The Hall–Kier alpha value is -3.48. The molecule has 0 aliphatic carbocycles. The van der Waals surface area contributed by atoms with Gasteiger partial charge in [-0.15, -0.1) is 10.2 Å². The Morgan fingerprint density at radius 2 is 1.83 bits per heavy atom. The first-order valence-corrected chi connectivity index (χ1v) is 10.2. The maximum Gasteiger partial charge on any atom is 0.220 e. The van der Waals surface area contributed by atoms with E-state index in [1.54, 1.807) is 0 Å². The van der Waals surface area contributed by atoms with Crippen LogP contribution in [-0.4, -0.2) is 25.5 Å². The molecule has 0 atom stereocenters. The molecule has 0 unspecified atom stereocenters. The molecule has 1 N–H and O–H groups in total. The second kappa shape index (κ2) is 9.35. The molecule has 0 fully saturated rings. The van der Waals surface area contributed by atoms with Gasteiger partial charge in [0, 0.05) is 31.7 Å². The molecule has 4 aromatic rings. The minimum atomic E-state index is -0.0624. The number of carbonyl (C=O) groups excluding carboxylic acids is 1. The van der Waals surface area contributed by atoms with E-state index in [-0.39, 0.29) is 5.91 Å². The quantitative estimate of drug-likeness (QED) is 0.463. The van der Waals surface area contributed by atoms with Crippen LogP contribution in [-0.2, 0) is 30.6 Å². The maximum atomic E-state index is 12.2. The molecule has 1 aromatic carbocycles. The first-order valence-electron chi connectivity index (χ1n) is 10.2. The topological polar surface area (TPSA) is 85.3 Å². The van der Waals surface area contributed by atoms with Crippen molar-refractivity contribution in [3.05, 3.63) is 83.5 Å². The van der Waals surface area contributed by atoms with Crippen molar-refractivity contribution < 1.29 is 9.21 Å². The summed E-state index contributed by atoms with van der Waals surface area (Å²) in [5.74, 6) is 1.07. The van der Waals surface area contributed by atoms with Gasteiger partial charge in [0.1, 0.15) is 5.65 Å². The number of nitrogens with zero attached hydrogens (tertiary/aromatic N) is 4. The van der Waals surface area contributed by atoms with Crippen LogP contribution < -0.4 is 5.32 Å². The highest BCUT2D eigenvalue weighted by molar-refractivity contribution is 5.76. The number of aromatic nitrogens is 4. The Kier molecular flexibility index (Phi) is 6.17. The standard InChI is InChI=1S/C23H25N5O2/c1-17-7-6-14-28-16-19(25-23(17)28)15-24-20(29)12-13-22-27-26-21(30-22)11-5-10-18-8-3-2-4-9-18/h2-4,6-9,14,16H,5,10-13,15H2,1H3,(H,24,29). The third kappa shape index (κ3) is 5.11. The zero-order chi connectivity index (χ0) is 20.8. The number of nitrogens with one attached hydrogen (secondary N) is 1. The summed E-state index contributed by atoms with van der Waals surface area (Å²) >= 11 is 0. The van der Waals surface area contributed by atoms with Gasteiger partial charge in [-0.3, -0.25) is 4.79 Å². The van der Waals surface area contributed by atoms with E-state index in [2.05, 4.69) is 32.6 Å². The molecule has 7 nitrogen and oxygen atoms in total. The molecule has 3 aromatic heterocycles. The van der Waals surface area contributed by atoms with E-state index in [4.69, 9.17) is 4.42 Å². The second-order valence-corrected chi connectivity index (χ2v) is 7.36. The van der Waals surface area contributed by atoms with Crippen molar-refractivity contribution >= 4 is 11.6 Å². The zero-order valence-electron chi connectivity index (χ0n) is 17.0. The lowest BCUT2D eigenvalue weighted by atomic mass is 10.1. The Bertz CT molecular complexity index is 1120. The number of fused-ring (bicyclic) bond motifs is 1. The molecule has 1 amide bonds. The summed E-state index contributed by atoms with van der Waals surface area (Å²) in [5.41, 5.74) is 4.14. The van der Waals surface area contributed by atoms with Crippen molar-refractivity contribution in [3.63, 3.8) is 0 Å². The van der Waals surface area contributed by atoms with Crippen LogP contribution in [0.2, 0.25) is 0 Å². The highest BCUT2D eigenvalue weighted by Crippen LogP contribution is 2.11. The van der Waals surface area contributed by atoms with Crippen molar-refractivity contribution in [1.82, 2.24) is 24.9 Å². The first kappa shape index (κ1) is 19.8. The Labute approximate surface area is 175 Å². The molecule has 0 bridgehead atoms. The average molecular weight is 403 g/mol. The van der Waals surface area contributed by atoms with Gasteiger partial charge in [0.15, 0.2) is 0 Å². The molecule has 30 heavy (non-hydrogen) atoms. The zero-order valence-corrected chi connectivity index (χ0v) is 17.0. The summed E-state index contributed by atoms with van der Waals surface area (Å²) < 4.78 is 7.64. The monoisotopic (exact) mass is 403 g/mol. The number of benzene rings is 1. The van der Waals surface area contributed by atoms with E-state index >= 15 is 0 Å². The van der Waals surface area contributed by atoms with Gasteiger partial charge in [-0.25, -0.2) is 4.98 Å². The Morgan fingerprint density at radius 3 is 2.63 bits per heavy atom. The molecule has 0 saturated heterocycles. The van der Waals surface area contributed by atoms with Crippen LogP contribution in [0.25, 0.3) is 5.65 Å². The van der Waals surface area contributed by atoms with Gasteiger partial charge >= 0.3 is 0 Å². The largest absolute Gasteiger partial charge is 0.425 e. The smallest absolute Gasteiger partial charge is 0.220 e. The Balaban J connectivity index is 1.20. The van der Waals surface area contributed by atoms with Crippen LogP contribution >= 0.6 is 0 Å². The molecule has 154 valence electrons. The molecule has 0 aliphatic rings. The highest BCUT2D eigenvalue weighted by atomic mass is 16.4. The SMILES string of the molecule is Cc1cccn2cc(CNC(=O)CCc3nnc(CCCc4ccccc4)o3)nc12. The average Bonchev–Trinajstić information content (AvgIpc) is 3.39. The Morgan fingerprint density at radius 1 is 1.03 bits per heavy atom. The van der Waals surface area contributed by atoms with Gasteiger partial charge < -0.3 is 14.1 Å². The summed E-state index contributed by atoms with van der Waals surface area (Å²) in [7, 11) is 0. The van der Waals surface area contributed by atoms with Crippen molar-refractivity contribution in [2.45, 2.75) is 45.6 Å². The number of amides is 1. The number of hydrogen-bond donors (Lipinski definition) is 1. The number of pyridine rings is 1. The number of aryl methyl sites for hydroxylation is 4. The number of imidazole rings is 1. The van der Waals surface area contributed by atoms with Gasteiger partial charge in [0.05, 0.1) is 12.2 Å². The lowest BCUT2D eigenvalue weighted by molar-refractivity contribution is -0.121. The predicted octanol–water partition coefficient (Wildman–Crippen LogP) is 3.45. The van der Waals surface area contributed by atoms with E-state index in [9.17, 15) is 4.79 Å². The van der Waals surface area contributed by atoms with Crippen molar-refractivity contribution in [1.29, 1.82) is 0 Å².